The van der Waals surface area contributed by atoms with E-state index in [2.05, 4.69) is 5.32 Å². The molecule has 1 fully saturated rings. The number of allylic oxidation sites excluding steroid dienone is 1. The van der Waals surface area contributed by atoms with Crippen LogP contribution in [0.25, 0.3) is 0 Å². The third kappa shape index (κ3) is 2.76. The number of aromatic hydroxyl groups is 1. The highest BCUT2D eigenvalue weighted by Crippen LogP contribution is 2.56. The number of halogens is 1. The number of benzene rings is 1. The molecule has 1 aromatic rings. The van der Waals surface area contributed by atoms with Gasteiger partial charge in [0.2, 0.25) is 5.78 Å². The number of likely N-dealkylation sites (tertiary alicyclic amines) is 1. The Morgan fingerprint density at radius 2 is 1.89 bits per heavy atom. The van der Waals surface area contributed by atoms with Gasteiger partial charge >= 0.3 is 0 Å². The molecule has 0 bridgehead atoms. The first-order chi connectivity index (χ1) is 17.4. The first-order valence-corrected chi connectivity index (χ1v) is 12.4. The Hall–Kier alpha value is -3.28. The van der Waals surface area contributed by atoms with Crippen LogP contribution in [0.5, 0.6) is 5.75 Å². The van der Waals surface area contributed by atoms with Crippen LogP contribution in [0.2, 0.25) is 0 Å². The van der Waals surface area contributed by atoms with Gasteiger partial charge in [-0.2, -0.15) is 0 Å². The van der Waals surface area contributed by atoms with Gasteiger partial charge in [0.15, 0.2) is 11.4 Å². The number of likely N-dealkylation sites (N-methyl/N-ethyl adjacent to an activating group) is 1. The van der Waals surface area contributed by atoms with Crippen molar-refractivity contribution >= 4 is 17.5 Å². The number of phenolic OH excluding ortho intramolecular Hbond substituents is 1. The van der Waals surface area contributed by atoms with Crippen molar-refractivity contribution in [1.29, 1.82) is 0 Å². The van der Waals surface area contributed by atoms with Crippen LogP contribution in [0.15, 0.2) is 22.7 Å². The van der Waals surface area contributed by atoms with E-state index in [1.807, 2.05) is 11.9 Å². The second-order valence-corrected chi connectivity index (χ2v) is 10.9. The first-order valence-electron chi connectivity index (χ1n) is 12.4. The van der Waals surface area contributed by atoms with E-state index < -0.39 is 63.9 Å². The predicted octanol–water partition coefficient (Wildman–Crippen LogP) is 0.466. The molecule has 0 aromatic heterocycles. The molecule has 1 aliphatic heterocycles. The minimum Gasteiger partial charge on any atom is -0.510 e. The summed E-state index contributed by atoms with van der Waals surface area (Å²) in [6.07, 6.45) is 1.11. The Kier molecular flexibility index (Phi) is 4.96. The van der Waals surface area contributed by atoms with Crippen LogP contribution >= 0.6 is 0 Å². The maximum atomic E-state index is 16.1. The highest BCUT2D eigenvalue weighted by atomic mass is 19.1. The number of aliphatic hydroxyl groups excluding tert-OH is 2. The number of amides is 1. The molecule has 11 heteroatoms. The van der Waals surface area contributed by atoms with Gasteiger partial charge in [-0.3, -0.25) is 19.3 Å². The average Bonchev–Trinajstić information content (AvgIpc) is 3.40. The van der Waals surface area contributed by atoms with E-state index in [1.165, 1.54) is 7.05 Å². The number of nitrogens with one attached hydrogen (secondary N) is 1. The van der Waals surface area contributed by atoms with E-state index in [9.17, 15) is 34.8 Å². The van der Waals surface area contributed by atoms with Crippen LogP contribution in [-0.4, -0.2) is 75.1 Å². The van der Waals surface area contributed by atoms with Gasteiger partial charge in [-0.1, -0.05) is 0 Å². The number of hydrogen-bond donors (Lipinski definition) is 6. The number of nitrogens with zero attached hydrogens (tertiary/aromatic N) is 1. The second-order valence-electron chi connectivity index (χ2n) is 10.9. The standard InChI is InChI=1S/C26H28FN3O7/c1-29-18-12-7-9-6-10-15(20(31)11-5-8-3-4-30(2)19(8)14(11)17(10)27)21(32)13(9)23(34)26(12,37)24(35)16(22(18)33)25(28)36/h8-9,12,18-19,29,31,33-34,37H,3-7H2,1-2H3,(H2,28,36)/t8-,9+,12+,18+,19?,26+/m1/s1. The van der Waals surface area contributed by atoms with E-state index in [0.29, 0.717) is 17.5 Å². The smallest absolute Gasteiger partial charge is 0.255 e. The fourth-order valence-electron chi connectivity index (χ4n) is 7.65. The summed E-state index contributed by atoms with van der Waals surface area (Å²) in [7, 11) is 3.34. The monoisotopic (exact) mass is 513 g/mol. The normalized spacial score (nSPS) is 34.8. The summed E-state index contributed by atoms with van der Waals surface area (Å²) < 4.78 is 16.1. The zero-order chi connectivity index (χ0) is 26.7. The minimum absolute atomic E-state index is 0.0509. The molecule has 0 spiro atoms. The number of carbonyl (C=O) groups is 3. The van der Waals surface area contributed by atoms with Crippen molar-refractivity contribution in [2.75, 3.05) is 20.6 Å². The summed E-state index contributed by atoms with van der Waals surface area (Å²) in [5, 5.41) is 47.4. The third-order valence-electron chi connectivity index (χ3n) is 9.29. The Morgan fingerprint density at radius 3 is 2.54 bits per heavy atom. The van der Waals surface area contributed by atoms with Crippen LogP contribution < -0.4 is 11.1 Å². The maximum Gasteiger partial charge on any atom is 0.255 e. The molecule has 1 aromatic carbocycles. The first kappa shape index (κ1) is 24.1. The van der Waals surface area contributed by atoms with Gasteiger partial charge in [0.25, 0.3) is 5.91 Å². The zero-order valence-corrected chi connectivity index (χ0v) is 20.3. The number of aliphatic hydroxyl groups is 3. The van der Waals surface area contributed by atoms with E-state index in [-0.39, 0.29) is 47.3 Å². The average molecular weight is 514 g/mol. The summed E-state index contributed by atoms with van der Waals surface area (Å²) in [6, 6.07) is -1.33. The highest BCUT2D eigenvalue weighted by molar-refractivity contribution is 6.24. The molecular weight excluding hydrogens is 485 g/mol. The summed E-state index contributed by atoms with van der Waals surface area (Å²) in [5.41, 5.74) is 1.98. The molecule has 1 amide bonds. The van der Waals surface area contributed by atoms with Crippen LogP contribution in [0.4, 0.5) is 4.39 Å². The lowest BCUT2D eigenvalue weighted by Crippen LogP contribution is -2.63. The molecular formula is C26H28FN3O7. The third-order valence-corrected chi connectivity index (χ3v) is 9.29. The Bertz CT molecular complexity index is 1380. The van der Waals surface area contributed by atoms with Gasteiger partial charge < -0.3 is 31.5 Å². The molecule has 0 saturated carbocycles. The Labute approximate surface area is 211 Å². The lowest BCUT2D eigenvalue weighted by molar-refractivity contribution is -0.146. The fraction of sp³-hybridized carbons (Fsp3) is 0.500. The number of rotatable bonds is 2. The lowest BCUT2D eigenvalue weighted by Gasteiger charge is -2.48. The molecule has 10 nitrogen and oxygen atoms in total. The lowest BCUT2D eigenvalue weighted by atomic mass is 9.58. The van der Waals surface area contributed by atoms with Gasteiger partial charge in [0.1, 0.15) is 28.7 Å². The molecule has 4 aliphatic carbocycles. The van der Waals surface area contributed by atoms with Crippen molar-refractivity contribution in [3.05, 3.63) is 50.7 Å². The van der Waals surface area contributed by atoms with Crippen molar-refractivity contribution < 1.29 is 39.2 Å². The van der Waals surface area contributed by atoms with Crippen LogP contribution in [0.1, 0.15) is 45.9 Å². The second kappa shape index (κ2) is 7.62. The van der Waals surface area contributed by atoms with Gasteiger partial charge in [-0.25, -0.2) is 4.39 Å². The number of phenols is 1. The molecule has 1 saturated heterocycles. The number of hydrogen-bond acceptors (Lipinski definition) is 9. The largest absolute Gasteiger partial charge is 0.510 e. The van der Waals surface area contributed by atoms with E-state index in [4.69, 9.17) is 5.73 Å². The number of primary amides is 1. The molecule has 196 valence electrons. The molecule has 1 heterocycles. The number of Topliss-reactive ketones (excluding diaryl/α,β-unsaturated/α-hetero) is 2. The minimum atomic E-state index is -2.71. The summed E-state index contributed by atoms with van der Waals surface area (Å²) >= 11 is 0. The van der Waals surface area contributed by atoms with Crippen LogP contribution in [0, 0.1) is 23.6 Å². The maximum absolute atomic E-state index is 16.1. The number of ketones is 2. The highest BCUT2D eigenvalue weighted by Gasteiger charge is 2.63. The SMILES string of the molecule is CN[C@@H]1C(O)=C(C(N)=O)C(=O)[C@@]2(O)C(O)=C3C(=O)c4c(O)c5c(c(F)c4C[C@H]3C[C@@H]12)C1[C@H](CCN1C)C5. The summed E-state index contributed by atoms with van der Waals surface area (Å²) in [6.45, 7) is 0.804. The molecule has 5 aliphatic rings. The topological polar surface area (TPSA) is 173 Å². The summed E-state index contributed by atoms with van der Waals surface area (Å²) in [5.74, 6) is -7.82. The van der Waals surface area contributed by atoms with Crippen molar-refractivity contribution in [2.24, 2.45) is 23.5 Å². The van der Waals surface area contributed by atoms with Crippen LogP contribution in [-0.2, 0) is 22.4 Å². The summed E-state index contributed by atoms with van der Waals surface area (Å²) in [4.78, 5) is 41.0. The van der Waals surface area contributed by atoms with E-state index in [1.54, 1.807) is 0 Å². The number of carbonyl (C=O) groups excluding carboxylic acids is 3. The van der Waals surface area contributed by atoms with Crippen molar-refractivity contribution in [3.8, 4) is 5.75 Å². The zero-order valence-electron chi connectivity index (χ0n) is 20.3. The van der Waals surface area contributed by atoms with Crippen molar-refractivity contribution in [3.63, 3.8) is 0 Å². The number of nitrogens with two attached hydrogens (primary N) is 1. The molecule has 7 N–H and O–H groups in total. The van der Waals surface area contributed by atoms with Gasteiger partial charge in [-0.15, -0.1) is 0 Å². The molecule has 6 atom stereocenters. The van der Waals surface area contributed by atoms with Crippen molar-refractivity contribution in [2.45, 2.75) is 43.4 Å². The van der Waals surface area contributed by atoms with Crippen molar-refractivity contribution in [1.82, 2.24) is 10.2 Å². The number of fused-ring (bicyclic) bond motifs is 6. The predicted molar refractivity (Wildman–Crippen MR) is 126 cm³/mol. The molecule has 6 rings (SSSR count). The van der Waals surface area contributed by atoms with E-state index >= 15 is 4.39 Å². The van der Waals surface area contributed by atoms with Gasteiger partial charge in [-0.05, 0) is 58.2 Å². The van der Waals surface area contributed by atoms with E-state index in [0.717, 1.165) is 13.0 Å². The van der Waals surface area contributed by atoms with Crippen LogP contribution in [0.3, 0.4) is 0 Å². The molecule has 37 heavy (non-hydrogen) atoms. The quantitative estimate of drug-likeness (QED) is 0.307. The molecule has 1 unspecified atom stereocenters. The Balaban J connectivity index is 1.54. The fourth-order valence-corrected chi connectivity index (χ4v) is 7.65. The van der Waals surface area contributed by atoms with Gasteiger partial charge in [0.05, 0.1) is 11.6 Å². The molecule has 0 radical (unpaired) electrons. The van der Waals surface area contributed by atoms with Gasteiger partial charge in [0, 0.05) is 34.2 Å². The Morgan fingerprint density at radius 1 is 1.19 bits per heavy atom.